The van der Waals surface area contributed by atoms with Crippen molar-refractivity contribution >= 4 is 5.96 Å². The topological polar surface area (TPSA) is 59.6 Å². The number of benzene rings is 1. The lowest BCUT2D eigenvalue weighted by Crippen LogP contribution is -2.40. The maximum Gasteiger partial charge on any atom is 0.194 e. The highest BCUT2D eigenvalue weighted by Gasteiger charge is 2.17. The van der Waals surface area contributed by atoms with E-state index < -0.39 is 0 Å². The van der Waals surface area contributed by atoms with Gasteiger partial charge in [0.05, 0.1) is 18.4 Å². The fraction of sp³-hybridized carbons (Fsp3) is 0.524. The standard InChI is InChI=1S/C21H32N6/c1-4-22-21(24-13-17-9-8-12-26(2)15-17)27(3)16-20-23-14-19(25-20)18-10-6-5-7-11-18/h5-7,10-11,14,17H,4,8-9,12-13,15-16H2,1-3H3,(H,22,24)(H,23,25). The van der Waals surface area contributed by atoms with Crippen LogP contribution in [0.1, 0.15) is 25.6 Å². The first-order chi connectivity index (χ1) is 13.2. The van der Waals surface area contributed by atoms with Crippen LogP contribution in [0.25, 0.3) is 11.3 Å². The van der Waals surface area contributed by atoms with Gasteiger partial charge in [0.1, 0.15) is 5.82 Å². The first-order valence-corrected chi connectivity index (χ1v) is 9.93. The maximum atomic E-state index is 4.90. The molecule has 1 aromatic carbocycles. The zero-order valence-electron chi connectivity index (χ0n) is 16.8. The molecule has 1 aliphatic heterocycles. The van der Waals surface area contributed by atoms with Crippen LogP contribution in [0.15, 0.2) is 41.5 Å². The van der Waals surface area contributed by atoms with Gasteiger partial charge in [0.15, 0.2) is 5.96 Å². The molecule has 0 bridgehead atoms. The van der Waals surface area contributed by atoms with Gasteiger partial charge in [0.25, 0.3) is 0 Å². The molecular weight excluding hydrogens is 336 g/mol. The summed E-state index contributed by atoms with van der Waals surface area (Å²) in [5.74, 6) is 2.54. The molecule has 0 radical (unpaired) electrons. The molecule has 6 heteroatoms. The lowest BCUT2D eigenvalue weighted by molar-refractivity contribution is 0.214. The highest BCUT2D eigenvalue weighted by atomic mass is 15.3. The highest BCUT2D eigenvalue weighted by molar-refractivity contribution is 5.79. The van der Waals surface area contributed by atoms with Crippen molar-refractivity contribution in [2.75, 3.05) is 40.3 Å². The Morgan fingerprint density at radius 1 is 1.37 bits per heavy atom. The van der Waals surface area contributed by atoms with Gasteiger partial charge in [-0.15, -0.1) is 0 Å². The van der Waals surface area contributed by atoms with E-state index in [1.165, 1.54) is 19.4 Å². The Balaban J connectivity index is 1.62. The normalized spacial score (nSPS) is 18.5. The average Bonchev–Trinajstić information content (AvgIpc) is 3.14. The van der Waals surface area contributed by atoms with E-state index >= 15 is 0 Å². The summed E-state index contributed by atoms with van der Waals surface area (Å²) < 4.78 is 0. The Morgan fingerprint density at radius 2 is 2.19 bits per heavy atom. The van der Waals surface area contributed by atoms with Crippen LogP contribution >= 0.6 is 0 Å². The van der Waals surface area contributed by atoms with Crippen LogP contribution in [0.3, 0.4) is 0 Å². The molecule has 0 aliphatic carbocycles. The number of nitrogens with one attached hydrogen (secondary N) is 2. The number of nitrogens with zero attached hydrogens (tertiary/aromatic N) is 4. The molecule has 3 rings (SSSR count). The Bertz CT molecular complexity index is 723. The van der Waals surface area contributed by atoms with Crippen molar-refractivity contribution < 1.29 is 0 Å². The van der Waals surface area contributed by atoms with Gasteiger partial charge >= 0.3 is 0 Å². The van der Waals surface area contributed by atoms with E-state index in [1.54, 1.807) is 0 Å². The minimum atomic E-state index is 0.652. The molecule has 1 saturated heterocycles. The van der Waals surface area contributed by atoms with Crippen LogP contribution in [-0.2, 0) is 6.54 Å². The van der Waals surface area contributed by atoms with Gasteiger partial charge in [-0.3, -0.25) is 4.99 Å². The third kappa shape index (κ3) is 5.57. The van der Waals surface area contributed by atoms with Crippen LogP contribution in [-0.4, -0.2) is 66.0 Å². The summed E-state index contributed by atoms with van der Waals surface area (Å²) in [6, 6.07) is 10.3. The molecule has 27 heavy (non-hydrogen) atoms. The molecule has 1 fully saturated rings. The largest absolute Gasteiger partial charge is 0.357 e. The van der Waals surface area contributed by atoms with E-state index in [0.29, 0.717) is 12.5 Å². The van der Waals surface area contributed by atoms with Gasteiger partial charge < -0.3 is 20.1 Å². The smallest absolute Gasteiger partial charge is 0.194 e. The zero-order valence-corrected chi connectivity index (χ0v) is 16.8. The van der Waals surface area contributed by atoms with Crippen LogP contribution in [0.4, 0.5) is 0 Å². The minimum Gasteiger partial charge on any atom is -0.357 e. The van der Waals surface area contributed by atoms with Gasteiger partial charge in [-0.05, 0) is 44.8 Å². The Hall–Kier alpha value is -2.34. The lowest BCUT2D eigenvalue weighted by Gasteiger charge is -2.29. The Kier molecular flexibility index (Phi) is 6.87. The maximum absolute atomic E-state index is 4.90. The number of hydrogen-bond donors (Lipinski definition) is 2. The molecule has 2 heterocycles. The summed E-state index contributed by atoms with van der Waals surface area (Å²) in [5.41, 5.74) is 2.20. The predicted octanol–water partition coefficient (Wildman–Crippen LogP) is 2.82. The number of piperidine rings is 1. The number of aromatic nitrogens is 2. The van der Waals surface area contributed by atoms with Crippen LogP contribution < -0.4 is 5.32 Å². The summed E-state index contributed by atoms with van der Waals surface area (Å²) in [6.07, 6.45) is 4.45. The number of rotatable bonds is 6. The van der Waals surface area contributed by atoms with Crippen molar-refractivity contribution in [2.45, 2.75) is 26.3 Å². The number of H-pyrrole nitrogens is 1. The Labute approximate surface area is 162 Å². The van der Waals surface area contributed by atoms with E-state index in [4.69, 9.17) is 4.99 Å². The molecule has 1 unspecified atom stereocenters. The molecule has 0 amide bonds. The first kappa shape index (κ1) is 19.4. The van der Waals surface area contributed by atoms with Gasteiger partial charge in [-0.25, -0.2) is 4.98 Å². The van der Waals surface area contributed by atoms with Crippen molar-refractivity contribution in [1.82, 2.24) is 25.1 Å². The average molecular weight is 369 g/mol. The van der Waals surface area contributed by atoms with E-state index in [9.17, 15) is 0 Å². The number of imidazole rings is 1. The quantitative estimate of drug-likeness (QED) is 0.608. The summed E-state index contributed by atoms with van der Waals surface area (Å²) in [7, 11) is 4.27. The second-order valence-electron chi connectivity index (χ2n) is 7.43. The molecule has 1 aromatic heterocycles. The number of likely N-dealkylation sites (tertiary alicyclic amines) is 1. The van der Waals surface area contributed by atoms with Gasteiger partial charge in [-0.1, -0.05) is 30.3 Å². The second kappa shape index (κ2) is 9.55. The Morgan fingerprint density at radius 3 is 2.93 bits per heavy atom. The van der Waals surface area contributed by atoms with Crippen molar-refractivity contribution in [1.29, 1.82) is 0 Å². The lowest BCUT2D eigenvalue weighted by atomic mass is 9.99. The van der Waals surface area contributed by atoms with Crippen molar-refractivity contribution in [3.8, 4) is 11.3 Å². The summed E-state index contributed by atoms with van der Waals surface area (Å²) in [5, 5.41) is 3.41. The van der Waals surface area contributed by atoms with Crippen molar-refractivity contribution in [3.63, 3.8) is 0 Å². The van der Waals surface area contributed by atoms with Crippen molar-refractivity contribution in [3.05, 3.63) is 42.4 Å². The third-order valence-corrected chi connectivity index (χ3v) is 5.02. The molecule has 146 valence electrons. The van der Waals surface area contributed by atoms with Crippen LogP contribution in [0.5, 0.6) is 0 Å². The molecule has 6 nitrogen and oxygen atoms in total. The third-order valence-electron chi connectivity index (χ3n) is 5.02. The highest BCUT2D eigenvalue weighted by Crippen LogP contribution is 2.17. The van der Waals surface area contributed by atoms with Crippen LogP contribution in [0, 0.1) is 5.92 Å². The monoisotopic (exact) mass is 368 g/mol. The summed E-state index contributed by atoms with van der Waals surface area (Å²) in [4.78, 5) is 17.4. The number of hydrogen-bond acceptors (Lipinski definition) is 3. The molecule has 2 aromatic rings. The SMILES string of the molecule is CCNC(=NCC1CCCN(C)C1)N(C)Cc1ncc(-c2ccccc2)[nH]1. The van der Waals surface area contributed by atoms with E-state index in [1.807, 2.05) is 24.4 Å². The van der Waals surface area contributed by atoms with E-state index in [2.05, 4.69) is 58.2 Å². The predicted molar refractivity (Wildman–Crippen MR) is 112 cm³/mol. The van der Waals surface area contributed by atoms with Crippen LogP contribution in [0.2, 0.25) is 0 Å². The number of aliphatic imine (C=N–C) groups is 1. The number of aromatic amines is 1. The molecule has 0 spiro atoms. The molecule has 1 atom stereocenters. The minimum absolute atomic E-state index is 0.652. The zero-order chi connectivity index (χ0) is 19.1. The summed E-state index contributed by atoms with van der Waals surface area (Å²) >= 11 is 0. The van der Waals surface area contributed by atoms with E-state index in [-0.39, 0.29) is 0 Å². The molecule has 0 saturated carbocycles. The fourth-order valence-corrected chi connectivity index (χ4v) is 3.61. The van der Waals surface area contributed by atoms with Gasteiger partial charge in [0.2, 0.25) is 0 Å². The molecular formula is C21H32N6. The first-order valence-electron chi connectivity index (χ1n) is 9.93. The fourth-order valence-electron chi connectivity index (χ4n) is 3.61. The van der Waals surface area contributed by atoms with E-state index in [0.717, 1.165) is 42.7 Å². The summed E-state index contributed by atoms with van der Waals surface area (Å²) in [6.45, 7) is 6.90. The molecule has 1 aliphatic rings. The second-order valence-corrected chi connectivity index (χ2v) is 7.43. The molecule has 2 N–H and O–H groups in total. The van der Waals surface area contributed by atoms with Crippen molar-refractivity contribution in [2.24, 2.45) is 10.9 Å². The number of guanidine groups is 1. The van der Waals surface area contributed by atoms with Gasteiger partial charge in [0, 0.05) is 26.7 Å². The van der Waals surface area contributed by atoms with Gasteiger partial charge in [-0.2, -0.15) is 0 Å².